The molecular formula is C13H18N4. The lowest BCUT2D eigenvalue weighted by Crippen LogP contribution is -2.42. The second-order valence-corrected chi connectivity index (χ2v) is 4.65. The molecule has 0 unspecified atom stereocenters. The van der Waals surface area contributed by atoms with Gasteiger partial charge in [0.15, 0.2) is 0 Å². The van der Waals surface area contributed by atoms with Gasteiger partial charge in [0.1, 0.15) is 0 Å². The zero-order valence-corrected chi connectivity index (χ0v) is 10.2. The minimum absolute atomic E-state index is 1.03. The van der Waals surface area contributed by atoms with Crippen molar-refractivity contribution in [3.8, 4) is 0 Å². The van der Waals surface area contributed by atoms with Gasteiger partial charge in [-0.15, -0.1) is 0 Å². The summed E-state index contributed by atoms with van der Waals surface area (Å²) in [5, 5.41) is 3.38. The Morgan fingerprint density at radius 1 is 1.35 bits per heavy atom. The third-order valence-corrected chi connectivity index (χ3v) is 3.43. The fourth-order valence-electron chi connectivity index (χ4n) is 2.53. The Kier molecular flexibility index (Phi) is 2.82. The van der Waals surface area contributed by atoms with Gasteiger partial charge in [-0.2, -0.15) is 0 Å². The van der Waals surface area contributed by atoms with Gasteiger partial charge in [0, 0.05) is 38.9 Å². The van der Waals surface area contributed by atoms with E-state index in [2.05, 4.69) is 44.9 Å². The van der Waals surface area contributed by atoms with E-state index in [1.165, 1.54) is 11.1 Å². The Balaban J connectivity index is 1.91. The van der Waals surface area contributed by atoms with Crippen LogP contribution in [0.25, 0.3) is 5.52 Å². The first kappa shape index (κ1) is 10.7. The Bertz CT molecular complexity index is 511. The number of aryl methyl sites for hydroxylation is 1. The van der Waals surface area contributed by atoms with Crippen molar-refractivity contribution in [3.63, 3.8) is 0 Å². The number of hydrogen-bond acceptors (Lipinski definition) is 3. The largest absolute Gasteiger partial charge is 0.314 e. The van der Waals surface area contributed by atoms with Gasteiger partial charge in [-0.25, -0.2) is 4.98 Å². The predicted octanol–water partition coefficient (Wildman–Crippen LogP) is 1.05. The molecule has 1 saturated heterocycles. The standard InChI is InChI=1S/C13H18N4/c1-11-13-12(3-2-6-17(13)10-15-11)9-16-7-4-14-5-8-16/h2-3,6,10,14H,4-5,7-9H2,1H3. The van der Waals surface area contributed by atoms with Gasteiger partial charge in [-0.05, 0) is 18.6 Å². The van der Waals surface area contributed by atoms with Crippen LogP contribution < -0.4 is 5.32 Å². The molecule has 3 heterocycles. The average molecular weight is 230 g/mol. The molecule has 0 radical (unpaired) electrons. The van der Waals surface area contributed by atoms with Gasteiger partial charge in [-0.3, -0.25) is 4.90 Å². The second-order valence-electron chi connectivity index (χ2n) is 4.65. The zero-order chi connectivity index (χ0) is 11.7. The highest BCUT2D eigenvalue weighted by Gasteiger charge is 2.12. The topological polar surface area (TPSA) is 32.6 Å². The Labute approximate surface area is 101 Å². The summed E-state index contributed by atoms with van der Waals surface area (Å²) in [6.45, 7) is 7.57. The minimum atomic E-state index is 1.03. The molecule has 2 aromatic rings. The van der Waals surface area contributed by atoms with Crippen molar-refractivity contribution in [1.29, 1.82) is 0 Å². The molecule has 0 amide bonds. The first-order valence-corrected chi connectivity index (χ1v) is 6.19. The zero-order valence-electron chi connectivity index (χ0n) is 10.2. The molecular weight excluding hydrogens is 212 g/mol. The number of pyridine rings is 1. The van der Waals surface area contributed by atoms with Crippen LogP contribution in [-0.2, 0) is 6.54 Å². The van der Waals surface area contributed by atoms with Gasteiger partial charge >= 0.3 is 0 Å². The Hall–Kier alpha value is -1.39. The Morgan fingerprint density at radius 3 is 3.00 bits per heavy atom. The summed E-state index contributed by atoms with van der Waals surface area (Å²) in [4.78, 5) is 6.88. The maximum Gasteiger partial charge on any atom is 0.0995 e. The number of piperazine rings is 1. The van der Waals surface area contributed by atoms with Crippen LogP contribution in [-0.4, -0.2) is 40.5 Å². The molecule has 0 spiro atoms. The molecule has 1 aliphatic rings. The molecule has 0 atom stereocenters. The van der Waals surface area contributed by atoms with Gasteiger partial charge in [-0.1, -0.05) is 6.07 Å². The van der Waals surface area contributed by atoms with Gasteiger partial charge in [0.05, 0.1) is 17.5 Å². The minimum Gasteiger partial charge on any atom is -0.314 e. The van der Waals surface area contributed by atoms with Crippen molar-refractivity contribution >= 4 is 5.52 Å². The smallest absolute Gasteiger partial charge is 0.0995 e. The number of aromatic nitrogens is 2. The maximum absolute atomic E-state index is 4.38. The van der Waals surface area contributed by atoms with Crippen molar-refractivity contribution in [3.05, 3.63) is 35.9 Å². The first-order chi connectivity index (χ1) is 8.34. The molecule has 1 N–H and O–H groups in total. The van der Waals surface area contributed by atoms with Gasteiger partial charge < -0.3 is 9.72 Å². The van der Waals surface area contributed by atoms with Crippen LogP contribution in [0.3, 0.4) is 0 Å². The third kappa shape index (κ3) is 2.06. The number of hydrogen-bond donors (Lipinski definition) is 1. The van der Waals surface area contributed by atoms with E-state index in [9.17, 15) is 0 Å². The van der Waals surface area contributed by atoms with Crippen molar-refractivity contribution in [2.24, 2.45) is 0 Å². The quantitative estimate of drug-likeness (QED) is 0.837. The lowest BCUT2D eigenvalue weighted by Gasteiger charge is -2.27. The van der Waals surface area contributed by atoms with Gasteiger partial charge in [0.25, 0.3) is 0 Å². The van der Waals surface area contributed by atoms with Crippen LogP contribution >= 0.6 is 0 Å². The molecule has 0 saturated carbocycles. The van der Waals surface area contributed by atoms with E-state index in [1.807, 2.05) is 6.33 Å². The van der Waals surface area contributed by atoms with Crippen molar-refractivity contribution in [2.75, 3.05) is 26.2 Å². The van der Waals surface area contributed by atoms with E-state index < -0.39 is 0 Å². The van der Waals surface area contributed by atoms with Crippen LogP contribution in [0.1, 0.15) is 11.3 Å². The number of nitrogens with zero attached hydrogens (tertiary/aromatic N) is 3. The van der Waals surface area contributed by atoms with Crippen molar-refractivity contribution in [1.82, 2.24) is 19.6 Å². The van der Waals surface area contributed by atoms with E-state index in [4.69, 9.17) is 0 Å². The molecule has 90 valence electrons. The van der Waals surface area contributed by atoms with E-state index in [1.54, 1.807) is 0 Å². The molecule has 17 heavy (non-hydrogen) atoms. The number of nitrogens with one attached hydrogen (secondary N) is 1. The third-order valence-electron chi connectivity index (χ3n) is 3.43. The highest BCUT2D eigenvalue weighted by Crippen LogP contribution is 2.16. The average Bonchev–Trinajstić information content (AvgIpc) is 2.74. The normalized spacial score (nSPS) is 17.7. The summed E-state index contributed by atoms with van der Waals surface area (Å²) in [6.07, 6.45) is 3.96. The van der Waals surface area contributed by atoms with E-state index in [0.29, 0.717) is 0 Å². The molecule has 4 heteroatoms. The second kappa shape index (κ2) is 4.47. The highest BCUT2D eigenvalue weighted by atomic mass is 15.2. The van der Waals surface area contributed by atoms with Gasteiger partial charge in [0.2, 0.25) is 0 Å². The highest BCUT2D eigenvalue weighted by molar-refractivity contribution is 5.58. The first-order valence-electron chi connectivity index (χ1n) is 6.19. The summed E-state index contributed by atoms with van der Waals surface area (Å²) < 4.78 is 2.12. The van der Waals surface area contributed by atoms with Crippen molar-refractivity contribution in [2.45, 2.75) is 13.5 Å². The Morgan fingerprint density at radius 2 is 2.18 bits per heavy atom. The molecule has 1 aliphatic heterocycles. The summed E-state index contributed by atoms with van der Waals surface area (Å²) >= 11 is 0. The predicted molar refractivity (Wildman–Crippen MR) is 68.1 cm³/mol. The maximum atomic E-state index is 4.38. The number of imidazole rings is 1. The molecule has 0 aliphatic carbocycles. The fraction of sp³-hybridized carbons (Fsp3) is 0.462. The van der Waals surface area contributed by atoms with Crippen LogP contribution in [0.15, 0.2) is 24.7 Å². The lowest BCUT2D eigenvalue weighted by atomic mass is 10.2. The van der Waals surface area contributed by atoms with Crippen molar-refractivity contribution < 1.29 is 0 Å². The molecule has 0 aromatic carbocycles. The molecule has 3 rings (SSSR count). The molecule has 0 bridgehead atoms. The monoisotopic (exact) mass is 230 g/mol. The van der Waals surface area contributed by atoms with Crippen LogP contribution in [0.5, 0.6) is 0 Å². The number of fused-ring (bicyclic) bond motifs is 1. The SMILES string of the molecule is Cc1ncn2cccc(CN3CCNCC3)c12. The summed E-state index contributed by atoms with van der Waals surface area (Å²) in [5.41, 5.74) is 3.77. The summed E-state index contributed by atoms with van der Waals surface area (Å²) in [7, 11) is 0. The fourth-order valence-corrected chi connectivity index (χ4v) is 2.53. The summed E-state index contributed by atoms with van der Waals surface area (Å²) in [5.74, 6) is 0. The van der Waals surface area contributed by atoms with Crippen LogP contribution in [0, 0.1) is 6.92 Å². The van der Waals surface area contributed by atoms with E-state index in [0.717, 1.165) is 38.4 Å². The van der Waals surface area contributed by atoms with Crippen LogP contribution in [0.4, 0.5) is 0 Å². The molecule has 2 aromatic heterocycles. The summed E-state index contributed by atoms with van der Waals surface area (Å²) in [6, 6.07) is 4.32. The van der Waals surface area contributed by atoms with E-state index in [-0.39, 0.29) is 0 Å². The molecule has 4 nitrogen and oxygen atoms in total. The molecule has 1 fully saturated rings. The van der Waals surface area contributed by atoms with E-state index >= 15 is 0 Å². The lowest BCUT2D eigenvalue weighted by molar-refractivity contribution is 0.234. The number of rotatable bonds is 2. The van der Waals surface area contributed by atoms with Crippen LogP contribution in [0.2, 0.25) is 0 Å².